The minimum atomic E-state index is -1.37. The number of ketones is 2. The third-order valence-electron chi connectivity index (χ3n) is 11.1. The molecule has 1 aromatic heterocycles. The van der Waals surface area contributed by atoms with E-state index in [1.54, 1.807) is 42.5 Å². The molecule has 9 nitrogen and oxygen atoms in total. The van der Waals surface area contributed by atoms with E-state index in [0.29, 0.717) is 28.6 Å². The molecule has 2 heterocycles. The molecule has 5 aromatic rings. The number of hydrogen-bond donors (Lipinski definition) is 1. The van der Waals surface area contributed by atoms with Crippen LogP contribution in [-0.4, -0.2) is 39.5 Å². The fraction of sp³-hybridized carbons (Fsp3) is 0.217. The SMILES string of the molecule is CC(C)C(Oc1cccc2c(=O)[nH]c(C3C(=O)c4cc5cc6c(cc5cc4C3=O)C(=O)N(c3cc(C4=CCC=C4)ccc3C3=CC=CC3)C6=O)nc12)C(C)C. The Kier molecular flexibility index (Phi) is 8.00. The molecule has 1 N–H and O–H groups in total. The van der Waals surface area contributed by atoms with Gasteiger partial charge in [-0.25, -0.2) is 9.88 Å². The van der Waals surface area contributed by atoms with E-state index in [2.05, 4.69) is 49.8 Å². The van der Waals surface area contributed by atoms with Crippen molar-refractivity contribution in [1.29, 1.82) is 0 Å². The number of nitrogens with one attached hydrogen (secondary N) is 1. The summed E-state index contributed by atoms with van der Waals surface area (Å²) >= 11 is 0. The van der Waals surface area contributed by atoms with Crippen molar-refractivity contribution in [3.63, 3.8) is 0 Å². The summed E-state index contributed by atoms with van der Waals surface area (Å²) in [6.45, 7) is 8.24. The third-order valence-corrected chi connectivity index (χ3v) is 11.1. The van der Waals surface area contributed by atoms with Gasteiger partial charge in [-0.15, -0.1) is 0 Å². The molecule has 272 valence electrons. The van der Waals surface area contributed by atoms with Crippen LogP contribution in [0.4, 0.5) is 5.69 Å². The Balaban J connectivity index is 1.09. The summed E-state index contributed by atoms with van der Waals surface area (Å²) in [7, 11) is 0. The fourth-order valence-corrected chi connectivity index (χ4v) is 8.40. The minimum Gasteiger partial charge on any atom is -0.488 e. The van der Waals surface area contributed by atoms with E-state index in [1.807, 2.05) is 42.5 Å². The highest BCUT2D eigenvalue weighted by Gasteiger charge is 2.43. The maximum absolute atomic E-state index is 14.2. The fourth-order valence-electron chi connectivity index (χ4n) is 8.40. The number of nitrogens with zero attached hydrogens (tertiary/aromatic N) is 2. The number of para-hydroxylation sites is 1. The smallest absolute Gasteiger partial charge is 0.266 e. The van der Waals surface area contributed by atoms with Gasteiger partial charge in [0.05, 0.1) is 22.2 Å². The zero-order valence-electron chi connectivity index (χ0n) is 30.8. The maximum Gasteiger partial charge on any atom is 0.266 e. The molecular weight excluding hydrogens is 691 g/mol. The van der Waals surface area contributed by atoms with Gasteiger partial charge in [0.15, 0.2) is 11.6 Å². The van der Waals surface area contributed by atoms with Crippen LogP contribution >= 0.6 is 0 Å². The van der Waals surface area contributed by atoms with Gasteiger partial charge in [-0.05, 0) is 94.6 Å². The van der Waals surface area contributed by atoms with Gasteiger partial charge in [-0.3, -0.25) is 24.0 Å². The second kappa shape index (κ2) is 12.8. The van der Waals surface area contributed by atoms with E-state index in [9.17, 15) is 24.0 Å². The highest BCUT2D eigenvalue weighted by atomic mass is 16.5. The van der Waals surface area contributed by atoms with Crippen LogP contribution in [0.3, 0.4) is 0 Å². The van der Waals surface area contributed by atoms with E-state index in [0.717, 1.165) is 28.7 Å². The Bertz CT molecular complexity index is 2680. The van der Waals surface area contributed by atoms with Crippen molar-refractivity contribution >= 4 is 61.9 Å². The van der Waals surface area contributed by atoms with Crippen molar-refractivity contribution in [2.24, 2.45) is 11.8 Å². The van der Waals surface area contributed by atoms with Crippen molar-refractivity contribution in [2.45, 2.75) is 52.6 Å². The number of aromatic amines is 1. The predicted octanol–water partition coefficient (Wildman–Crippen LogP) is 8.79. The lowest BCUT2D eigenvalue weighted by Crippen LogP contribution is -2.30. The van der Waals surface area contributed by atoms with Crippen LogP contribution in [0, 0.1) is 11.8 Å². The number of Topliss-reactive ketones (excluding diaryl/α,β-unsaturated/α-hetero) is 2. The molecule has 0 saturated heterocycles. The molecule has 4 aromatic carbocycles. The molecule has 0 unspecified atom stereocenters. The van der Waals surface area contributed by atoms with Crippen molar-refractivity contribution in [1.82, 2.24) is 9.97 Å². The van der Waals surface area contributed by atoms with Crippen LogP contribution in [0.15, 0.2) is 102 Å². The summed E-state index contributed by atoms with van der Waals surface area (Å²) in [5.41, 5.74) is 4.80. The lowest BCUT2D eigenvalue weighted by atomic mass is 9.96. The van der Waals surface area contributed by atoms with Crippen LogP contribution in [0.25, 0.3) is 32.8 Å². The number of ether oxygens (including phenoxy) is 1. The lowest BCUT2D eigenvalue weighted by Gasteiger charge is -2.26. The van der Waals surface area contributed by atoms with Crippen LogP contribution in [-0.2, 0) is 0 Å². The van der Waals surface area contributed by atoms with Crippen LogP contribution < -0.4 is 15.2 Å². The summed E-state index contributed by atoms with van der Waals surface area (Å²) < 4.78 is 6.39. The molecule has 3 aliphatic carbocycles. The zero-order valence-corrected chi connectivity index (χ0v) is 30.8. The molecule has 4 aliphatic rings. The van der Waals surface area contributed by atoms with Gasteiger partial charge < -0.3 is 9.72 Å². The third kappa shape index (κ3) is 5.44. The van der Waals surface area contributed by atoms with Crippen molar-refractivity contribution in [3.05, 3.63) is 147 Å². The first-order valence-corrected chi connectivity index (χ1v) is 18.7. The van der Waals surface area contributed by atoms with Crippen LogP contribution in [0.5, 0.6) is 5.75 Å². The first kappa shape index (κ1) is 34.3. The number of rotatable bonds is 8. The largest absolute Gasteiger partial charge is 0.488 e. The van der Waals surface area contributed by atoms with E-state index in [-0.39, 0.29) is 56.9 Å². The summed E-state index contributed by atoms with van der Waals surface area (Å²) in [4.78, 5) is 78.6. The Labute approximate surface area is 316 Å². The lowest BCUT2D eigenvalue weighted by molar-refractivity contribution is 0.0880. The standard InChI is InChI=1S/C46H37N3O6/c1-23(2)42(24(3)4)55-37-15-9-14-31-39(37)47-43(48-44(31)52)38-40(50)32-18-28-20-34-35(21-29(28)19-33(32)41(38)51)46(54)49(45(34)53)36-22-27(25-10-5-6-11-25)16-17-30(36)26-12-7-8-13-26/h5,7-12,14-24,38,42H,6,13H2,1-4H3,(H,47,48,52). The molecule has 0 saturated carbocycles. The quantitative estimate of drug-likeness (QED) is 0.125. The van der Waals surface area contributed by atoms with Gasteiger partial charge in [0, 0.05) is 16.7 Å². The van der Waals surface area contributed by atoms with Gasteiger partial charge in [-0.1, -0.05) is 82.4 Å². The Morgan fingerprint density at radius 2 is 1.45 bits per heavy atom. The molecule has 9 rings (SSSR count). The topological polar surface area (TPSA) is 127 Å². The summed E-state index contributed by atoms with van der Waals surface area (Å²) in [6.07, 6.45) is 13.5. The molecule has 2 amide bonds. The molecule has 0 bridgehead atoms. The average Bonchev–Trinajstić information content (AvgIpc) is 3.98. The van der Waals surface area contributed by atoms with Gasteiger partial charge in [0.25, 0.3) is 17.4 Å². The number of H-pyrrole nitrogens is 1. The first-order valence-electron chi connectivity index (χ1n) is 18.7. The molecule has 9 heteroatoms. The summed E-state index contributed by atoms with van der Waals surface area (Å²) in [5.74, 6) is -2.61. The monoisotopic (exact) mass is 727 g/mol. The Hall–Kier alpha value is -6.48. The van der Waals surface area contributed by atoms with Gasteiger partial charge in [0.2, 0.25) is 0 Å². The van der Waals surface area contributed by atoms with Crippen molar-refractivity contribution < 1.29 is 23.9 Å². The van der Waals surface area contributed by atoms with E-state index >= 15 is 0 Å². The molecule has 0 radical (unpaired) electrons. The number of imide groups is 1. The van der Waals surface area contributed by atoms with E-state index in [4.69, 9.17) is 4.74 Å². The second-order valence-electron chi connectivity index (χ2n) is 15.3. The number of fused-ring (bicyclic) bond motifs is 4. The normalized spacial score (nSPS) is 16.5. The van der Waals surface area contributed by atoms with Crippen molar-refractivity contribution in [3.8, 4) is 5.75 Å². The predicted molar refractivity (Wildman–Crippen MR) is 213 cm³/mol. The Morgan fingerprint density at radius 1 is 0.782 bits per heavy atom. The molecule has 1 aliphatic heterocycles. The van der Waals surface area contributed by atoms with Gasteiger partial charge in [0.1, 0.15) is 29.1 Å². The highest BCUT2D eigenvalue weighted by Crippen LogP contribution is 2.41. The average molecular weight is 728 g/mol. The molecular formula is C46H37N3O6. The number of carbonyl (C=O) groups is 4. The number of amides is 2. The van der Waals surface area contributed by atoms with Crippen molar-refractivity contribution in [2.75, 3.05) is 4.90 Å². The number of carbonyl (C=O) groups excluding carboxylic acids is 4. The molecule has 0 atom stereocenters. The first-order chi connectivity index (χ1) is 26.5. The Morgan fingerprint density at radius 3 is 2.05 bits per heavy atom. The molecule has 55 heavy (non-hydrogen) atoms. The molecule has 0 spiro atoms. The number of aromatic nitrogens is 2. The van der Waals surface area contributed by atoms with Gasteiger partial charge >= 0.3 is 0 Å². The number of anilines is 1. The number of allylic oxidation sites excluding steroid dienone is 8. The maximum atomic E-state index is 14.2. The van der Waals surface area contributed by atoms with Crippen LogP contribution in [0.1, 0.15) is 105 Å². The minimum absolute atomic E-state index is 0.0626. The van der Waals surface area contributed by atoms with E-state index < -0.39 is 34.9 Å². The van der Waals surface area contributed by atoms with E-state index in [1.165, 1.54) is 4.90 Å². The highest BCUT2D eigenvalue weighted by molar-refractivity contribution is 6.36. The summed E-state index contributed by atoms with van der Waals surface area (Å²) in [6, 6.07) is 17.4. The van der Waals surface area contributed by atoms with Gasteiger partial charge in [-0.2, -0.15) is 0 Å². The number of hydrogen-bond acceptors (Lipinski definition) is 7. The number of benzene rings is 4. The summed E-state index contributed by atoms with van der Waals surface area (Å²) in [5, 5.41) is 1.35. The molecule has 0 fully saturated rings. The van der Waals surface area contributed by atoms with Crippen LogP contribution in [0.2, 0.25) is 0 Å². The second-order valence-corrected chi connectivity index (χ2v) is 15.3. The zero-order chi connectivity index (χ0) is 38.3.